The molecular weight excluding hydrogens is 482 g/mol. The van der Waals surface area contributed by atoms with E-state index in [1.54, 1.807) is 18.5 Å². The van der Waals surface area contributed by atoms with Crippen molar-refractivity contribution in [2.75, 3.05) is 45.3 Å². The van der Waals surface area contributed by atoms with Crippen LogP contribution in [0.25, 0.3) is 22.3 Å². The maximum Gasteiger partial charge on any atom is 0.243 e. The van der Waals surface area contributed by atoms with E-state index in [1.807, 2.05) is 17.0 Å². The van der Waals surface area contributed by atoms with E-state index >= 15 is 0 Å². The Labute approximate surface area is 208 Å². The fourth-order valence-electron chi connectivity index (χ4n) is 4.27. The molecule has 0 radical (unpaired) electrons. The zero-order chi connectivity index (χ0) is 25.3. The zero-order valence-electron chi connectivity index (χ0n) is 19.7. The van der Waals surface area contributed by atoms with Gasteiger partial charge in [0.25, 0.3) is 0 Å². The number of nitriles is 1. The molecule has 0 saturated carbocycles. The van der Waals surface area contributed by atoms with Crippen LogP contribution in [0.5, 0.6) is 11.5 Å². The van der Waals surface area contributed by atoms with Gasteiger partial charge in [0.1, 0.15) is 23.9 Å². The highest BCUT2D eigenvalue weighted by atomic mass is 32.2. The first-order chi connectivity index (χ1) is 17.5. The number of ether oxygens (including phenoxy) is 2. The number of nitrogens with zero attached hydrogens (tertiary/aromatic N) is 6. The third-order valence-electron chi connectivity index (χ3n) is 6.17. The molecule has 0 unspecified atom stereocenters. The second kappa shape index (κ2) is 9.44. The predicted octanol–water partition coefficient (Wildman–Crippen LogP) is 2.42. The van der Waals surface area contributed by atoms with Crippen molar-refractivity contribution in [1.29, 1.82) is 5.26 Å². The number of aromatic nitrogens is 4. The molecule has 12 heteroatoms. The van der Waals surface area contributed by atoms with Gasteiger partial charge in [-0.15, -0.1) is 0 Å². The van der Waals surface area contributed by atoms with Crippen LogP contribution in [-0.2, 0) is 10.0 Å². The lowest BCUT2D eigenvalue weighted by Crippen LogP contribution is -2.48. The van der Waals surface area contributed by atoms with Gasteiger partial charge in [0, 0.05) is 50.2 Å². The van der Waals surface area contributed by atoms with Crippen molar-refractivity contribution >= 4 is 26.9 Å². The lowest BCUT2D eigenvalue weighted by atomic mass is 10.1. The minimum absolute atomic E-state index is 0.161. The van der Waals surface area contributed by atoms with Crippen molar-refractivity contribution in [2.24, 2.45) is 0 Å². The lowest BCUT2D eigenvalue weighted by molar-refractivity contribution is 0.353. The number of methoxy groups -OCH3 is 2. The van der Waals surface area contributed by atoms with Crippen LogP contribution >= 0.6 is 0 Å². The Balaban J connectivity index is 1.31. The molecule has 4 heterocycles. The Morgan fingerprint density at radius 3 is 2.44 bits per heavy atom. The number of fused-ring (bicyclic) bond motifs is 1. The van der Waals surface area contributed by atoms with Crippen LogP contribution in [0, 0.1) is 11.3 Å². The second-order valence-electron chi connectivity index (χ2n) is 8.07. The van der Waals surface area contributed by atoms with Crippen molar-refractivity contribution in [3.63, 3.8) is 0 Å². The first kappa shape index (κ1) is 23.5. The van der Waals surface area contributed by atoms with E-state index in [-0.39, 0.29) is 4.90 Å². The van der Waals surface area contributed by atoms with Crippen molar-refractivity contribution in [1.82, 2.24) is 24.2 Å². The summed E-state index contributed by atoms with van der Waals surface area (Å²) >= 11 is 0. The van der Waals surface area contributed by atoms with E-state index in [4.69, 9.17) is 9.47 Å². The number of piperazine rings is 1. The molecule has 36 heavy (non-hydrogen) atoms. The number of aromatic amines is 1. The van der Waals surface area contributed by atoms with Crippen molar-refractivity contribution in [2.45, 2.75) is 4.90 Å². The molecule has 1 N–H and O–H groups in total. The maximum atomic E-state index is 13.2. The van der Waals surface area contributed by atoms with Crippen molar-refractivity contribution in [3.8, 4) is 28.8 Å². The molecule has 1 aromatic carbocycles. The van der Waals surface area contributed by atoms with Gasteiger partial charge in [-0.3, -0.25) is 0 Å². The van der Waals surface area contributed by atoms with Gasteiger partial charge in [-0.25, -0.2) is 23.4 Å². The zero-order valence-corrected chi connectivity index (χ0v) is 20.5. The highest BCUT2D eigenvalue weighted by molar-refractivity contribution is 7.89. The Morgan fingerprint density at radius 1 is 1.00 bits per heavy atom. The Morgan fingerprint density at radius 2 is 1.78 bits per heavy atom. The smallest absolute Gasteiger partial charge is 0.243 e. The number of hydrogen-bond acceptors (Lipinski definition) is 9. The summed E-state index contributed by atoms with van der Waals surface area (Å²) in [4.78, 5) is 18.3. The number of H-pyrrole nitrogens is 1. The SMILES string of the molecule is COc1ccc(S(=O)(=O)N2CCN(c3ccc(-c4ncnc5[nH]cc(C#N)c45)cn3)CC2)cc1OC. The molecule has 0 aliphatic carbocycles. The van der Waals surface area contributed by atoms with E-state index in [9.17, 15) is 13.7 Å². The van der Waals surface area contributed by atoms with Crippen molar-refractivity contribution < 1.29 is 17.9 Å². The first-order valence-electron chi connectivity index (χ1n) is 11.1. The Bertz CT molecular complexity index is 1550. The molecule has 0 amide bonds. The molecule has 0 bridgehead atoms. The van der Waals surface area contributed by atoms with E-state index in [0.717, 1.165) is 11.4 Å². The fraction of sp³-hybridized carbons (Fsp3) is 0.250. The van der Waals surface area contributed by atoms with Crippen molar-refractivity contribution in [3.05, 3.63) is 54.6 Å². The van der Waals surface area contributed by atoms with Crippen LogP contribution < -0.4 is 14.4 Å². The molecule has 0 spiro atoms. The third kappa shape index (κ3) is 4.08. The summed E-state index contributed by atoms with van der Waals surface area (Å²) in [7, 11) is -0.707. The molecule has 3 aromatic heterocycles. The van der Waals surface area contributed by atoms with Gasteiger partial charge < -0.3 is 19.4 Å². The minimum atomic E-state index is -3.68. The van der Waals surface area contributed by atoms with Gasteiger partial charge in [-0.2, -0.15) is 9.57 Å². The summed E-state index contributed by atoms with van der Waals surface area (Å²) < 4.78 is 38.3. The molecular formula is C24H23N7O4S. The fourth-order valence-corrected chi connectivity index (χ4v) is 5.70. The summed E-state index contributed by atoms with van der Waals surface area (Å²) in [5.74, 6) is 1.57. The normalized spacial score (nSPS) is 14.5. The van der Waals surface area contributed by atoms with Crippen LogP contribution in [-0.4, -0.2) is 73.1 Å². The summed E-state index contributed by atoms with van der Waals surface area (Å²) in [5.41, 5.74) is 2.45. The number of pyridine rings is 1. The monoisotopic (exact) mass is 505 g/mol. The Hall–Kier alpha value is -4.21. The van der Waals surface area contributed by atoms with E-state index in [1.165, 1.54) is 37.0 Å². The largest absolute Gasteiger partial charge is 0.493 e. The second-order valence-corrected chi connectivity index (χ2v) is 10.0. The Kier molecular flexibility index (Phi) is 6.17. The third-order valence-corrected chi connectivity index (χ3v) is 8.06. The topological polar surface area (TPSA) is 137 Å². The minimum Gasteiger partial charge on any atom is -0.493 e. The van der Waals surface area contributed by atoms with E-state index < -0.39 is 10.0 Å². The molecule has 0 atom stereocenters. The number of nitrogens with one attached hydrogen (secondary N) is 1. The summed E-state index contributed by atoms with van der Waals surface area (Å²) in [6.45, 7) is 1.63. The molecule has 4 aromatic rings. The average Bonchev–Trinajstić information content (AvgIpc) is 3.36. The quantitative estimate of drug-likeness (QED) is 0.419. The average molecular weight is 506 g/mol. The number of anilines is 1. The summed E-state index contributed by atoms with van der Waals surface area (Å²) in [6.07, 6.45) is 4.76. The van der Waals surface area contributed by atoms with Gasteiger partial charge in [0.15, 0.2) is 11.5 Å². The van der Waals surface area contributed by atoms with Gasteiger partial charge in [-0.1, -0.05) is 0 Å². The van der Waals surface area contributed by atoms with E-state index in [2.05, 4.69) is 26.0 Å². The number of rotatable bonds is 6. The van der Waals surface area contributed by atoms with Crippen LogP contribution in [0.2, 0.25) is 0 Å². The van der Waals surface area contributed by atoms with Gasteiger partial charge in [0.05, 0.1) is 35.8 Å². The van der Waals surface area contributed by atoms with Gasteiger partial charge in [-0.05, 0) is 24.3 Å². The van der Waals surface area contributed by atoms with Gasteiger partial charge in [0.2, 0.25) is 10.0 Å². The molecule has 5 rings (SSSR count). The van der Waals surface area contributed by atoms with Crippen LogP contribution in [0.15, 0.2) is 53.9 Å². The van der Waals surface area contributed by atoms with Crippen LogP contribution in [0.4, 0.5) is 5.82 Å². The summed E-state index contributed by atoms with van der Waals surface area (Å²) in [5, 5.41) is 10.1. The number of benzene rings is 1. The molecule has 11 nitrogen and oxygen atoms in total. The highest BCUT2D eigenvalue weighted by Gasteiger charge is 2.30. The standard InChI is InChI=1S/C24H23N7O4S/c1-34-19-5-4-18(11-20(19)35-2)36(32,33)31-9-7-30(8-10-31)21-6-3-16(13-26-21)23-22-17(12-25)14-27-24(22)29-15-28-23/h3-6,11,13-15H,7-10H2,1-2H3,(H,27,28,29). The molecule has 1 fully saturated rings. The molecule has 1 saturated heterocycles. The molecule has 184 valence electrons. The number of hydrogen-bond donors (Lipinski definition) is 1. The predicted molar refractivity (Wildman–Crippen MR) is 132 cm³/mol. The molecule has 1 aliphatic rings. The van der Waals surface area contributed by atoms with Crippen LogP contribution in [0.1, 0.15) is 5.56 Å². The van der Waals surface area contributed by atoms with Crippen LogP contribution in [0.3, 0.4) is 0 Å². The first-order valence-corrected chi connectivity index (χ1v) is 12.6. The molecule has 1 aliphatic heterocycles. The highest BCUT2D eigenvalue weighted by Crippen LogP contribution is 2.32. The van der Waals surface area contributed by atoms with Gasteiger partial charge >= 0.3 is 0 Å². The number of sulfonamides is 1. The van der Waals surface area contributed by atoms with E-state index in [0.29, 0.717) is 60.0 Å². The maximum absolute atomic E-state index is 13.2. The lowest BCUT2D eigenvalue weighted by Gasteiger charge is -2.34. The summed E-state index contributed by atoms with van der Waals surface area (Å²) in [6, 6.07) is 10.5.